The average Bonchev–Trinajstić information content (AvgIpc) is 3.00. The third-order valence-electron chi connectivity index (χ3n) is 3.90. The van der Waals surface area contributed by atoms with E-state index >= 15 is 0 Å². The van der Waals surface area contributed by atoms with Crippen molar-refractivity contribution in [1.29, 1.82) is 0 Å². The zero-order valence-electron chi connectivity index (χ0n) is 14.7. The fraction of sp³-hybridized carbons (Fsp3) is 0.222. The first-order valence-corrected chi connectivity index (χ1v) is 7.58. The van der Waals surface area contributed by atoms with Gasteiger partial charge in [0, 0.05) is 11.6 Å². The maximum atomic E-state index is 13.0. The summed E-state index contributed by atoms with van der Waals surface area (Å²) in [6.45, 7) is 0. The third kappa shape index (κ3) is 2.75. The Hall–Kier alpha value is -3.42. The Labute approximate surface area is 148 Å². The highest BCUT2D eigenvalue weighted by molar-refractivity contribution is 6.01. The van der Waals surface area contributed by atoms with E-state index in [9.17, 15) is 9.59 Å². The number of benzene rings is 2. The smallest absolute Gasteiger partial charge is 0.427 e. The predicted octanol–water partition coefficient (Wildman–Crippen LogP) is 2.32. The molecule has 0 saturated heterocycles. The number of nitrogens with zero attached hydrogens (tertiary/aromatic N) is 1. The van der Waals surface area contributed by atoms with E-state index in [2.05, 4.69) is 0 Å². The maximum absolute atomic E-state index is 13.0. The molecular weight excluding hydrogens is 342 g/mol. The van der Waals surface area contributed by atoms with Crippen LogP contribution in [0, 0.1) is 0 Å². The number of oxazole rings is 1. The van der Waals surface area contributed by atoms with Crippen molar-refractivity contribution in [2.75, 3.05) is 28.4 Å². The number of carbonyl (C=O) groups is 1. The van der Waals surface area contributed by atoms with E-state index in [1.165, 1.54) is 46.6 Å². The molecule has 1 aromatic heterocycles. The van der Waals surface area contributed by atoms with E-state index in [0.29, 0.717) is 28.5 Å². The molecule has 1 heterocycles. The van der Waals surface area contributed by atoms with Crippen LogP contribution in [0.3, 0.4) is 0 Å². The van der Waals surface area contributed by atoms with Gasteiger partial charge in [0.1, 0.15) is 5.75 Å². The predicted molar refractivity (Wildman–Crippen MR) is 92.9 cm³/mol. The van der Waals surface area contributed by atoms with Crippen molar-refractivity contribution in [3.8, 4) is 23.0 Å². The monoisotopic (exact) mass is 359 g/mol. The number of carbonyl (C=O) groups excluding carboxylic acids is 1. The molecule has 0 aliphatic heterocycles. The lowest BCUT2D eigenvalue weighted by Gasteiger charge is -2.13. The number of fused-ring (bicyclic) bond motifs is 1. The van der Waals surface area contributed by atoms with Crippen LogP contribution in [-0.2, 0) is 0 Å². The number of rotatable bonds is 5. The molecule has 0 aliphatic rings. The van der Waals surface area contributed by atoms with Gasteiger partial charge in [0.2, 0.25) is 5.75 Å². The van der Waals surface area contributed by atoms with Gasteiger partial charge in [-0.15, -0.1) is 0 Å². The molecule has 0 unspecified atom stereocenters. The maximum Gasteiger partial charge on any atom is 0.427 e. The quantitative estimate of drug-likeness (QED) is 0.690. The Morgan fingerprint density at radius 1 is 0.923 bits per heavy atom. The molecule has 0 bridgehead atoms. The second kappa shape index (κ2) is 6.83. The number of ether oxygens (including phenoxy) is 4. The molecule has 0 saturated carbocycles. The zero-order chi connectivity index (χ0) is 18.8. The SMILES string of the molecule is COc1ccc2c(c1)oc(=O)n2C(=O)c1cc(OC)c(OC)c(OC)c1. The summed E-state index contributed by atoms with van der Waals surface area (Å²) in [4.78, 5) is 25.2. The second-order valence-electron chi connectivity index (χ2n) is 5.26. The summed E-state index contributed by atoms with van der Waals surface area (Å²) in [5.74, 6) is 0.0833. The van der Waals surface area contributed by atoms with Crippen LogP contribution in [0.15, 0.2) is 39.5 Å². The van der Waals surface area contributed by atoms with Crippen molar-refractivity contribution < 1.29 is 28.2 Å². The van der Waals surface area contributed by atoms with Gasteiger partial charge in [-0.25, -0.2) is 9.36 Å². The zero-order valence-corrected chi connectivity index (χ0v) is 14.7. The van der Waals surface area contributed by atoms with Gasteiger partial charge in [-0.3, -0.25) is 4.79 Å². The Morgan fingerprint density at radius 2 is 1.58 bits per heavy atom. The fourth-order valence-corrected chi connectivity index (χ4v) is 2.65. The van der Waals surface area contributed by atoms with E-state index < -0.39 is 11.7 Å². The van der Waals surface area contributed by atoms with Gasteiger partial charge in [0.15, 0.2) is 17.1 Å². The van der Waals surface area contributed by atoms with E-state index in [1.807, 2.05) is 0 Å². The van der Waals surface area contributed by atoms with Crippen molar-refractivity contribution in [1.82, 2.24) is 4.57 Å². The molecule has 3 aromatic rings. The molecule has 0 radical (unpaired) electrons. The molecule has 8 heteroatoms. The molecule has 8 nitrogen and oxygen atoms in total. The Morgan fingerprint density at radius 3 is 2.12 bits per heavy atom. The van der Waals surface area contributed by atoms with Crippen LogP contribution in [0.25, 0.3) is 11.1 Å². The minimum atomic E-state index is -0.799. The van der Waals surface area contributed by atoms with Gasteiger partial charge in [0.05, 0.1) is 34.0 Å². The minimum Gasteiger partial charge on any atom is -0.497 e. The molecule has 0 aliphatic carbocycles. The summed E-state index contributed by atoms with van der Waals surface area (Å²) < 4.78 is 26.9. The topological polar surface area (TPSA) is 89.1 Å². The van der Waals surface area contributed by atoms with E-state index in [0.717, 1.165) is 4.57 Å². The standard InChI is InChI=1S/C18H17NO7/c1-22-11-5-6-12-13(9-11)26-18(21)19(12)17(20)10-7-14(23-2)16(25-4)15(8-10)24-3/h5-9H,1-4H3. The summed E-state index contributed by atoms with van der Waals surface area (Å²) >= 11 is 0. The second-order valence-corrected chi connectivity index (χ2v) is 5.26. The molecule has 0 fully saturated rings. The van der Waals surface area contributed by atoms with Crippen molar-refractivity contribution in [3.05, 3.63) is 46.4 Å². The molecule has 2 aromatic carbocycles. The Kier molecular flexibility index (Phi) is 4.57. The molecule has 0 spiro atoms. The molecule has 3 rings (SSSR count). The average molecular weight is 359 g/mol. The normalized spacial score (nSPS) is 10.6. The lowest BCUT2D eigenvalue weighted by Crippen LogP contribution is -2.23. The highest BCUT2D eigenvalue weighted by Gasteiger charge is 2.22. The van der Waals surface area contributed by atoms with Crippen molar-refractivity contribution in [3.63, 3.8) is 0 Å². The van der Waals surface area contributed by atoms with Crippen molar-refractivity contribution in [2.45, 2.75) is 0 Å². The van der Waals surface area contributed by atoms with Crippen LogP contribution in [0.1, 0.15) is 10.4 Å². The first kappa shape index (κ1) is 17.4. The lowest BCUT2D eigenvalue weighted by molar-refractivity contribution is 0.0955. The number of hydrogen-bond donors (Lipinski definition) is 0. The van der Waals surface area contributed by atoms with Gasteiger partial charge >= 0.3 is 5.76 Å². The van der Waals surface area contributed by atoms with Crippen LogP contribution >= 0.6 is 0 Å². The van der Waals surface area contributed by atoms with Gasteiger partial charge in [-0.05, 0) is 24.3 Å². The molecule has 0 atom stereocenters. The first-order valence-electron chi connectivity index (χ1n) is 7.58. The third-order valence-corrected chi connectivity index (χ3v) is 3.90. The highest BCUT2D eigenvalue weighted by atomic mass is 16.5. The van der Waals surface area contributed by atoms with Crippen LogP contribution < -0.4 is 24.7 Å². The Balaban J connectivity index is 2.17. The number of aromatic nitrogens is 1. The summed E-state index contributed by atoms with van der Waals surface area (Å²) in [5, 5.41) is 0. The Bertz CT molecular complexity index is 1010. The number of hydrogen-bond acceptors (Lipinski definition) is 7. The summed E-state index contributed by atoms with van der Waals surface area (Å²) in [6.07, 6.45) is 0. The molecule has 0 amide bonds. The van der Waals surface area contributed by atoms with Gasteiger partial charge in [-0.2, -0.15) is 0 Å². The largest absolute Gasteiger partial charge is 0.497 e. The van der Waals surface area contributed by atoms with Gasteiger partial charge in [0.25, 0.3) is 5.91 Å². The summed E-state index contributed by atoms with van der Waals surface area (Å²) in [5.41, 5.74) is 0.754. The van der Waals surface area contributed by atoms with E-state index in [1.54, 1.807) is 12.1 Å². The molecular formula is C18H17NO7. The lowest BCUT2D eigenvalue weighted by atomic mass is 10.1. The minimum absolute atomic E-state index is 0.181. The van der Waals surface area contributed by atoms with Crippen molar-refractivity contribution in [2.24, 2.45) is 0 Å². The van der Waals surface area contributed by atoms with Gasteiger partial charge in [-0.1, -0.05) is 0 Å². The van der Waals surface area contributed by atoms with Gasteiger partial charge < -0.3 is 23.4 Å². The van der Waals surface area contributed by atoms with E-state index in [-0.39, 0.29) is 11.1 Å². The molecule has 26 heavy (non-hydrogen) atoms. The summed E-state index contributed by atoms with van der Waals surface area (Å²) in [7, 11) is 5.84. The molecule has 136 valence electrons. The van der Waals surface area contributed by atoms with Crippen LogP contribution in [0.4, 0.5) is 0 Å². The summed E-state index contributed by atoms with van der Waals surface area (Å²) in [6, 6.07) is 7.69. The highest BCUT2D eigenvalue weighted by Crippen LogP contribution is 2.38. The number of methoxy groups -OCH3 is 4. The molecule has 0 N–H and O–H groups in total. The van der Waals surface area contributed by atoms with Crippen LogP contribution in [-0.4, -0.2) is 38.9 Å². The van der Waals surface area contributed by atoms with Crippen LogP contribution in [0.2, 0.25) is 0 Å². The van der Waals surface area contributed by atoms with E-state index in [4.69, 9.17) is 23.4 Å². The van der Waals surface area contributed by atoms with Crippen LogP contribution in [0.5, 0.6) is 23.0 Å². The first-order chi connectivity index (χ1) is 12.5. The fourth-order valence-electron chi connectivity index (χ4n) is 2.65. The van der Waals surface area contributed by atoms with Crippen molar-refractivity contribution >= 4 is 17.0 Å².